The number of benzene rings is 2. The van der Waals surface area contributed by atoms with E-state index in [-0.39, 0.29) is 38.4 Å². The van der Waals surface area contributed by atoms with Gasteiger partial charge in [-0.3, -0.25) is 9.59 Å². The minimum Gasteiger partial charge on any atom is -0.396 e. The highest BCUT2D eigenvalue weighted by Crippen LogP contribution is 2.17. The molecule has 9 heteroatoms. The first-order valence-corrected chi connectivity index (χ1v) is 12.8. The van der Waals surface area contributed by atoms with E-state index in [1.54, 1.807) is 30.0 Å². The van der Waals surface area contributed by atoms with E-state index in [1.165, 1.54) is 4.90 Å². The third kappa shape index (κ3) is 9.18. The number of halogens is 2. The minimum atomic E-state index is -1.19. The van der Waals surface area contributed by atoms with Crippen molar-refractivity contribution in [3.8, 4) is 0 Å². The van der Waals surface area contributed by atoms with Gasteiger partial charge in [0.05, 0.1) is 6.10 Å². The molecule has 2 atom stereocenters. The van der Waals surface area contributed by atoms with Crippen molar-refractivity contribution in [3.05, 3.63) is 70.3 Å². The van der Waals surface area contributed by atoms with Crippen molar-refractivity contribution < 1.29 is 28.6 Å². The van der Waals surface area contributed by atoms with Crippen LogP contribution in [-0.2, 0) is 6.42 Å². The second kappa shape index (κ2) is 14.8. The molecular formula is C28H39F2N3O4. The molecule has 4 N–H and O–H groups in total. The molecule has 0 spiro atoms. The molecule has 2 rings (SSSR count). The molecule has 0 saturated heterocycles. The van der Waals surface area contributed by atoms with Crippen LogP contribution in [0.1, 0.15) is 65.0 Å². The molecule has 2 aromatic rings. The first-order chi connectivity index (χ1) is 17.6. The van der Waals surface area contributed by atoms with Gasteiger partial charge in [-0.05, 0) is 74.1 Å². The number of aliphatic hydroxyl groups excluding tert-OH is 2. The van der Waals surface area contributed by atoms with Crippen molar-refractivity contribution in [1.82, 2.24) is 9.80 Å². The summed E-state index contributed by atoms with van der Waals surface area (Å²) in [6.45, 7) is 6.89. The van der Waals surface area contributed by atoms with Crippen LogP contribution < -0.4 is 5.73 Å². The molecule has 0 unspecified atom stereocenters. The molecule has 7 nitrogen and oxygen atoms in total. The number of nitrogens with two attached hydrogens (primary N) is 1. The van der Waals surface area contributed by atoms with E-state index < -0.39 is 29.7 Å². The highest BCUT2D eigenvalue weighted by Gasteiger charge is 2.25. The molecule has 37 heavy (non-hydrogen) atoms. The van der Waals surface area contributed by atoms with Crippen LogP contribution in [0.25, 0.3) is 0 Å². The second-order valence-corrected chi connectivity index (χ2v) is 9.42. The SMILES string of the molecule is CCCN(CCC)C(=O)c1cc(C)cc(C(=O)N(CCCO)C[C@@H](O)[C@@H](N)Cc2cc(F)cc(F)c2)c1. The van der Waals surface area contributed by atoms with Crippen LogP contribution in [0.5, 0.6) is 0 Å². The summed E-state index contributed by atoms with van der Waals surface area (Å²) in [5.74, 6) is -2.03. The summed E-state index contributed by atoms with van der Waals surface area (Å²) in [6.07, 6.45) is 0.731. The van der Waals surface area contributed by atoms with Gasteiger partial charge >= 0.3 is 0 Å². The Balaban J connectivity index is 2.24. The number of nitrogens with zero attached hydrogens (tertiary/aromatic N) is 2. The Morgan fingerprint density at radius 1 is 0.892 bits per heavy atom. The van der Waals surface area contributed by atoms with Crippen LogP contribution in [-0.4, -0.2) is 76.8 Å². The highest BCUT2D eigenvalue weighted by molar-refractivity contribution is 6.00. The predicted molar refractivity (Wildman–Crippen MR) is 139 cm³/mol. The summed E-state index contributed by atoms with van der Waals surface area (Å²) >= 11 is 0. The van der Waals surface area contributed by atoms with Gasteiger partial charge in [0.15, 0.2) is 0 Å². The molecule has 0 bridgehead atoms. The molecule has 0 saturated carbocycles. The van der Waals surface area contributed by atoms with Crippen molar-refractivity contribution in [2.75, 3.05) is 32.8 Å². The molecular weight excluding hydrogens is 480 g/mol. The summed E-state index contributed by atoms with van der Waals surface area (Å²) < 4.78 is 27.1. The van der Waals surface area contributed by atoms with Gasteiger partial charge in [0, 0.05) is 56.0 Å². The van der Waals surface area contributed by atoms with Gasteiger partial charge in [-0.25, -0.2) is 8.78 Å². The molecule has 2 amide bonds. The molecule has 0 aromatic heterocycles. The van der Waals surface area contributed by atoms with Crippen molar-refractivity contribution in [3.63, 3.8) is 0 Å². The van der Waals surface area contributed by atoms with E-state index in [0.29, 0.717) is 29.8 Å². The standard InChI is InChI=1S/C28H39F2N3O4/c1-4-7-32(8-5-2)27(36)21-11-19(3)12-22(16-21)28(37)33(9-6-10-34)18-26(35)25(31)15-20-13-23(29)17-24(30)14-20/h11-14,16-17,25-26,34-35H,4-10,15,18,31H2,1-3H3/t25-,26+/m0/s1. The molecule has 2 aromatic carbocycles. The monoisotopic (exact) mass is 519 g/mol. The number of hydrogen-bond donors (Lipinski definition) is 3. The summed E-state index contributed by atoms with van der Waals surface area (Å²) in [5.41, 5.74) is 7.86. The smallest absolute Gasteiger partial charge is 0.253 e. The zero-order chi connectivity index (χ0) is 27.5. The Hall–Kier alpha value is -2.88. The van der Waals surface area contributed by atoms with Crippen LogP contribution >= 0.6 is 0 Å². The highest BCUT2D eigenvalue weighted by atomic mass is 19.1. The van der Waals surface area contributed by atoms with E-state index >= 15 is 0 Å². The van der Waals surface area contributed by atoms with Crippen molar-refractivity contribution >= 4 is 11.8 Å². The Morgan fingerprint density at radius 3 is 1.95 bits per heavy atom. The number of rotatable bonds is 14. The molecule has 204 valence electrons. The number of aryl methyl sites for hydroxylation is 1. The van der Waals surface area contributed by atoms with Crippen LogP contribution in [0.2, 0.25) is 0 Å². The number of carbonyl (C=O) groups is 2. The summed E-state index contributed by atoms with van der Waals surface area (Å²) in [6, 6.07) is 7.15. The summed E-state index contributed by atoms with van der Waals surface area (Å²) in [7, 11) is 0. The quantitative estimate of drug-likeness (QED) is 0.355. The minimum absolute atomic E-state index is 0.00562. The summed E-state index contributed by atoms with van der Waals surface area (Å²) in [5, 5.41) is 20.1. The fraction of sp³-hybridized carbons (Fsp3) is 0.500. The summed E-state index contributed by atoms with van der Waals surface area (Å²) in [4.78, 5) is 29.8. The average Bonchev–Trinajstić information content (AvgIpc) is 2.84. The number of amides is 2. The third-order valence-electron chi connectivity index (χ3n) is 6.01. The lowest BCUT2D eigenvalue weighted by atomic mass is 10.0. The van der Waals surface area contributed by atoms with E-state index in [0.717, 1.165) is 36.6 Å². The number of aliphatic hydroxyl groups is 2. The Labute approximate surface area is 217 Å². The Morgan fingerprint density at radius 2 is 1.43 bits per heavy atom. The van der Waals surface area contributed by atoms with E-state index in [1.807, 2.05) is 13.8 Å². The van der Waals surface area contributed by atoms with Crippen molar-refractivity contribution in [1.29, 1.82) is 0 Å². The zero-order valence-electron chi connectivity index (χ0n) is 21.9. The van der Waals surface area contributed by atoms with Gasteiger partial charge in [-0.2, -0.15) is 0 Å². The Kier molecular flexibility index (Phi) is 12.1. The van der Waals surface area contributed by atoms with Gasteiger partial charge < -0.3 is 25.7 Å². The van der Waals surface area contributed by atoms with Crippen LogP contribution in [0.15, 0.2) is 36.4 Å². The maximum atomic E-state index is 13.5. The number of carbonyl (C=O) groups excluding carboxylic acids is 2. The second-order valence-electron chi connectivity index (χ2n) is 9.42. The van der Waals surface area contributed by atoms with Crippen LogP contribution in [0.4, 0.5) is 8.78 Å². The van der Waals surface area contributed by atoms with Crippen LogP contribution in [0, 0.1) is 18.6 Å². The zero-order valence-corrected chi connectivity index (χ0v) is 21.9. The largest absolute Gasteiger partial charge is 0.396 e. The lowest BCUT2D eigenvalue weighted by molar-refractivity contribution is 0.0558. The topological polar surface area (TPSA) is 107 Å². The maximum absolute atomic E-state index is 13.5. The van der Waals surface area contributed by atoms with Gasteiger partial charge in [0.25, 0.3) is 11.8 Å². The van der Waals surface area contributed by atoms with Crippen molar-refractivity contribution in [2.24, 2.45) is 5.73 Å². The van der Waals surface area contributed by atoms with E-state index in [9.17, 15) is 28.6 Å². The first kappa shape index (κ1) is 30.3. The average molecular weight is 520 g/mol. The maximum Gasteiger partial charge on any atom is 0.253 e. The lowest BCUT2D eigenvalue weighted by Gasteiger charge is -2.28. The van der Waals surface area contributed by atoms with Crippen molar-refractivity contribution in [2.45, 2.75) is 58.6 Å². The molecule has 0 aliphatic carbocycles. The molecule has 0 aliphatic heterocycles. The fourth-order valence-corrected chi connectivity index (χ4v) is 4.29. The molecule has 0 fully saturated rings. The van der Waals surface area contributed by atoms with Gasteiger partial charge in [-0.15, -0.1) is 0 Å². The van der Waals surface area contributed by atoms with E-state index in [4.69, 9.17) is 5.73 Å². The fourth-order valence-electron chi connectivity index (χ4n) is 4.29. The van der Waals surface area contributed by atoms with E-state index in [2.05, 4.69) is 0 Å². The molecule has 0 heterocycles. The molecule has 0 aliphatic rings. The molecule has 0 radical (unpaired) electrons. The first-order valence-electron chi connectivity index (χ1n) is 12.8. The number of hydrogen-bond acceptors (Lipinski definition) is 5. The van der Waals surface area contributed by atoms with Crippen LogP contribution in [0.3, 0.4) is 0 Å². The Bertz CT molecular complexity index is 1020. The normalized spacial score (nSPS) is 12.8. The van der Waals surface area contributed by atoms with Gasteiger partial charge in [0.1, 0.15) is 11.6 Å². The van der Waals surface area contributed by atoms with Gasteiger partial charge in [0.2, 0.25) is 0 Å². The lowest BCUT2D eigenvalue weighted by Crippen LogP contribution is -2.47. The predicted octanol–water partition coefficient (Wildman–Crippen LogP) is 3.29. The third-order valence-corrected chi connectivity index (χ3v) is 6.01. The van der Waals surface area contributed by atoms with Gasteiger partial charge in [-0.1, -0.05) is 13.8 Å².